The maximum atomic E-state index is 13.1. The number of hydrogen-bond acceptors (Lipinski definition) is 5. The van der Waals surface area contributed by atoms with E-state index in [0.717, 1.165) is 40.5 Å². The highest BCUT2D eigenvalue weighted by atomic mass is 32.2. The number of hydrogen-bond donors (Lipinski definition) is 1. The minimum Gasteiger partial charge on any atom is -0.372 e. The van der Waals surface area contributed by atoms with Gasteiger partial charge in [-0.3, -0.25) is 4.79 Å². The predicted octanol–water partition coefficient (Wildman–Crippen LogP) is 5.17. The highest BCUT2D eigenvalue weighted by molar-refractivity contribution is 8.00. The standard InChI is InChI=1S/C24H27N5OS/c1-5-29(6-2)18-13-11-17(12-14-18)23-26-27-24(28(23)4)31-16(3)22(30)20-15-25-21-10-8-7-9-19(20)21/h7-16,25H,5-6H2,1-4H3/t16-/m1/s1. The Morgan fingerprint density at radius 1 is 1.10 bits per heavy atom. The number of nitrogens with one attached hydrogen (secondary N) is 1. The van der Waals surface area contributed by atoms with E-state index in [1.54, 1.807) is 6.20 Å². The van der Waals surface area contributed by atoms with E-state index in [4.69, 9.17) is 0 Å². The molecule has 4 rings (SSSR count). The van der Waals surface area contributed by atoms with Crippen molar-refractivity contribution in [2.24, 2.45) is 7.05 Å². The number of Topliss-reactive ketones (excluding diaryl/α,β-unsaturated/α-hetero) is 1. The smallest absolute Gasteiger partial charge is 0.191 e. The number of H-pyrrole nitrogens is 1. The number of carbonyl (C=O) groups excluding carboxylic acids is 1. The van der Waals surface area contributed by atoms with Crippen molar-refractivity contribution in [2.45, 2.75) is 31.2 Å². The Kier molecular flexibility index (Phi) is 6.13. The zero-order chi connectivity index (χ0) is 22.0. The summed E-state index contributed by atoms with van der Waals surface area (Å²) in [4.78, 5) is 18.6. The molecule has 2 heterocycles. The monoisotopic (exact) mass is 433 g/mol. The number of benzene rings is 2. The van der Waals surface area contributed by atoms with Gasteiger partial charge in [0.15, 0.2) is 16.8 Å². The first-order valence-electron chi connectivity index (χ1n) is 10.5. The lowest BCUT2D eigenvalue weighted by atomic mass is 10.1. The molecule has 160 valence electrons. The topological polar surface area (TPSA) is 66.8 Å². The molecule has 0 fully saturated rings. The minimum absolute atomic E-state index is 0.0792. The Bertz CT molecular complexity index is 1190. The van der Waals surface area contributed by atoms with Crippen LogP contribution in [0.5, 0.6) is 0 Å². The van der Waals surface area contributed by atoms with Gasteiger partial charge in [0, 0.05) is 54.1 Å². The van der Waals surface area contributed by atoms with E-state index >= 15 is 0 Å². The van der Waals surface area contributed by atoms with Gasteiger partial charge in [-0.1, -0.05) is 30.0 Å². The van der Waals surface area contributed by atoms with Crippen LogP contribution in [0.15, 0.2) is 59.9 Å². The van der Waals surface area contributed by atoms with E-state index in [1.807, 2.05) is 42.8 Å². The number of rotatable bonds is 8. The molecular weight excluding hydrogens is 406 g/mol. The van der Waals surface area contributed by atoms with Gasteiger partial charge in [-0.2, -0.15) is 0 Å². The SMILES string of the molecule is CCN(CC)c1ccc(-c2nnc(S[C@H](C)C(=O)c3c[nH]c4ccccc34)n2C)cc1. The average Bonchev–Trinajstić information content (AvgIpc) is 3.38. The fraction of sp³-hybridized carbons (Fsp3) is 0.292. The summed E-state index contributed by atoms with van der Waals surface area (Å²) in [5.74, 6) is 0.871. The van der Waals surface area contributed by atoms with Gasteiger partial charge in [0.1, 0.15) is 0 Å². The highest BCUT2D eigenvalue weighted by Crippen LogP contribution is 2.30. The summed E-state index contributed by atoms with van der Waals surface area (Å²) in [6.45, 7) is 8.18. The molecule has 0 aliphatic carbocycles. The number of ketones is 1. The number of thioether (sulfide) groups is 1. The fourth-order valence-corrected chi connectivity index (χ4v) is 4.67. The van der Waals surface area contributed by atoms with E-state index in [2.05, 4.69) is 58.2 Å². The zero-order valence-electron chi connectivity index (χ0n) is 18.3. The van der Waals surface area contributed by atoms with Crippen molar-refractivity contribution in [1.82, 2.24) is 19.7 Å². The molecule has 6 nitrogen and oxygen atoms in total. The van der Waals surface area contributed by atoms with E-state index < -0.39 is 0 Å². The molecule has 0 bridgehead atoms. The van der Waals surface area contributed by atoms with Crippen LogP contribution < -0.4 is 4.90 Å². The molecule has 1 atom stereocenters. The molecule has 0 saturated carbocycles. The second-order valence-electron chi connectivity index (χ2n) is 7.46. The van der Waals surface area contributed by atoms with Crippen LogP contribution >= 0.6 is 11.8 Å². The van der Waals surface area contributed by atoms with Crippen LogP contribution in [0.25, 0.3) is 22.3 Å². The van der Waals surface area contributed by atoms with Crippen LogP contribution in [0.4, 0.5) is 5.69 Å². The van der Waals surface area contributed by atoms with Crippen molar-refractivity contribution in [3.63, 3.8) is 0 Å². The third kappa shape index (κ3) is 4.10. The normalized spacial score (nSPS) is 12.3. The van der Waals surface area contributed by atoms with Crippen molar-refractivity contribution in [3.05, 3.63) is 60.3 Å². The van der Waals surface area contributed by atoms with Crippen molar-refractivity contribution >= 4 is 34.1 Å². The van der Waals surface area contributed by atoms with Crippen molar-refractivity contribution in [3.8, 4) is 11.4 Å². The summed E-state index contributed by atoms with van der Waals surface area (Å²) in [5.41, 5.74) is 3.89. The number of anilines is 1. The molecule has 1 N–H and O–H groups in total. The molecule has 0 aliphatic rings. The van der Waals surface area contributed by atoms with Gasteiger partial charge < -0.3 is 14.5 Å². The molecule has 0 unspecified atom stereocenters. The van der Waals surface area contributed by atoms with E-state index in [-0.39, 0.29) is 11.0 Å². The van der Waals surface area contributed by atoms with E-state index in [9.17, 15) is 4.79 Å². The number of carbonyl (C=O) groups is 1. The van der Waals surface area contributed by atoms with Crippen molar-refractivity contribution in [1.29, 1.82) is 0 Å². The Balaban J connectivity index is 1.52. The Morgan fingerprint density at radius 2 is 1.81 bits per heavy atom. The highest BCUT2D eigenvalue weighted by Gasteiger charge is 2.22. The fourth-order valence-electron chi connectivity index (χ4n) is 3.78. The molecule has 7 heteroatoms. The quantitative estimate of drug-likeness (QED) is 0.307. The van der Waals surface area contributed by atoms with Gasteiger partial charge in [-0.05, 0) is 51.1 Å². The van der Waals surface area contributed by atoms with Crippen LogP contribution in [0.2, 0.25) is 0 Å². The largest absolute Gasteiger partial charge is 0.372 e. The maximum Gasteiger partial charge on any atom is 0.191 e. The van der Waals surface area contributed by atoms with Crippen LogP contribution in [0.3, 0.4) is 0 Å². The van der Waals surface area contributed by atoms with Crippen LogP contribution in [0.1, 0.15) is 31.1 Å². The van der Waals surface area contributed by atoms with E-state index in [0.29, 0.717) is 5.56 Å². The third-order valence-electron chi connectivity index (χ3n) is 5.60. The van der Waals surface area contributed by atoms with Gasteiger partial charge in [0.2, 0.25) is 0 Å². The molecule has 2 aromatic heterocycles. The summed E-state index contributed by atoms with van der Waals surface area (Å²) in [7, 11) is 1.94. The molecule has 0 amide bonds. The summed E-state index contributed by atoms with van der Waals surface area (Å²) in [5, 5.41) is 10.1. The molecule has 0 aliphatic heterocycles. The van der Waals surface area contributed by atoms with Crippen LogP contribution in [-0.2, 0) is 7.05 Å². The molecule has 0 radical (unpaired) electrons. The lowest BCUT2D eigenvalue weighted by molar-refractivity contribution is 0.0995. The Hall–Kier alpha value is -3.06. The summed E-state index contributed by atoms with van der Waals surface area (Å²) >= 11 is 1.43. The molecular formula is C24H27N5OS. The van der Waals surface area contributed by atoms with Gasteiger partial charge >= 0.3 is 0 Å². The van der Waals surface area contributed by atoms with Gasteiger partial charge in [-0.25, -0.2) is 0 Å². The number of aromatic amines is 1. The zero-order valence-corrected chi connectivity index (χ0v) is 19.1. The number of nitrogens with zero attached hydrogens (tertiary/aromatic N) is 4. The lowest BCUT2D eigenvalue weighted by Crippen LogP contribution is -2.21. The number of para-hydroxylation sites is 1. The lowest BCUT2D eigenvalue weighted by Gasteiger charge is -2.21. The van der Waals surface area contributed by atoms with E-state index in [1.165, 1.54) is 17.4 Å². The van der Waals surface area contributed by atoms with Crippen molar-refractivity contribution < 1.29 is 4.79 Å². The first-order valence-corrected chi connectivity index (χ1v) is 11.4. The number of aromatic nitrogens is 4. The van der Waals surface area contributed by atoms with Crippen LogP contribution in [0, 0.1) is 0 Å². The summed E-state index contributed by atoms with van der Waals surface area (Å²) in [6, 6.07) is 16.2. The molecule has 2 aromatic carbocycles. The van der Waals surface area contributed by atoms with Crippen LogP contribution in [-0.4, -0.2) is 43.9 Å². The molecule has 0 saturated heterocycles. The van der Waals surface area contributed by atoms with Gasteiger partial charge in [0.25, 0.3) is 0 Å². The molecule has 31 heavy (non-hydrogen) atoms. The molecule has 0 spiro atoms. The minimum atomic E-state index is -0.278. The second-order valence-corrected chi connectivity index (χ2v) is 8.76. The first kappa shape index (κ1) is 21.2. The van der Waals surface area contributed by atoms with Gasteiger partial charge in [0.05, 0.1) is 5.25 Å². The number of fused-ring (bicyclic) bond motifs is 1. The predicted molar refractivity (Wildman–Crippen MR) is 128 cm³/mol. The maximum absolute atomic E-state index is 13.1. The Morgan fingerprint density at radius 3 is 2.52 bits per heavy atom. The average molecular weight is 434 g/mol. The summed E-state index contributed by atoms with van der Waals surface area (Å²) in [6.07, 6.45) is 1.80. The van der Waals surface area contributed by atoms with Gasteiger partial charge in [-0.15, -0.1) is 10.2 Å². The third-order valence-corrected chi connectivity index (χ3v) is 6.73. The summed E-state index contributed by atoms with van der Waals surface area (Å²) < 4.78 is 1.95. The first-order chi connectivity index (χ1) is 15.0. The van der Waals surface area contributed by atoms with Crippen molar-refractivity contribution in [2.75, 3.05) is 18.0 Å². The molecule has 4 aromatic rings. The second kappa shape index (κ2) is 8.98. The Labute approximate surface area is 186 Å².